The van der Waals surface area contributed by atoms with Crippen LogP contribution in [0.2, 0.25) is 0 Å². The number of rotatable bonds is 5. The molecule has 0 bridgehead atoms. The predicted octanol–water partition coefficient (Wildman–Crippen LogP) is 2.93. The molecule has 0 aliphatic rings. The molecule has 0 fully saturated rings. The van der Waals surface area contributed by atoms with Gasteiger partial charge in [0.05, 0.1) is 0 Å². The third-order valence-electron chi connectivity index (χ3n) is 2.76. The van der Waals surface area contributed by atoms with Crippen LogP contribution in [0.15, 0.2) is 23.2 Å². The van der Waals surface area contributed by atoms with Crippen molar-refractivity contribution in [2.45, 2.75) is 19.3 Å². The van der Waals surface area contributed by atoms with Crippen molar-refractivity contribution < 1.29 is 9.90 Å². The van der Waals surface area contributed by atoms with Gasteiger partial charge in [-0.05, 0) is 12.8 Å². The van der Waals surface area contributed by atoms with E-state index in [1.807, 2.05) is 21.4 Å². The van der Waals surface area contributed by atoms with Crippen LogP contribution in [-0.2, 0) is 11.2 Å². The molecule has 0 saturated carbocycles. The van der Waals surface area contributed by atoms with E-state index in [2.05, 4.69) is 9.97 Å². The van der Waals surface area contributed by atoms with Gasteiger partial charge in [-0.1, -0.05) is 0 Å². The number of nitrogens with zero attached hydrogens (tertiary/aromatic N) is 3. The summed E-state index contributed by atoms with van der Waals surface area (Å²) in [5.74, 6) is -0.749. The molecule has 7 heteroatoms. The minimum atomic E-state index is -0.749. The number of carbonyl (C=O) groups is 1. The lowest BCUT2D eigenvalue weighted by atomic mass is 10.2. The fourth-order valence-corrected chi connectivity index (χ4v) is 3.38. The molecule has 0 aliphatic heterocycles. The van der Waals surface area contributed by atoms with E-state index < -0.39 is 5.97 Å². The van der Waals surface area contributed by atoms with Crippen LogP contribution < -0.4 is 0 Å². The first-order chi connectivity index (χ1) is 9.24. The van der Waals surface area contributed by atoms with Crippen molar-refractivity contribution in [1.82, 2.24) is 14.4 Å². The molecule has 19 heavy (non-hydrogen) atoms. The third kappa shape index (κ3) is 2.52. The first-order valence-electron chi connectivity index (χ1n) is 5.81. The quantitative estimate of drug-likeness (QED) is 0.785. The lowest BCUT2D eigenvalue weighted by Crippen LogP contribution is -1.97. The summed E-state index contributed by atoms with van der Waals surface area (Å²) in [6.45, 7) is 0. The highest BCUT2D eigenvalue weighted by molar-refractivity contribution is 7.15. The maximum atomic E-state index is 10.5. The van der Waals surface area contributed by atoms with Crippen LogP contribution in [0.5, 0.6) is 0 Å². The second-order valence-corrected chi connectivity index (χ2v) is 5.82. The van der Waals surface area contributed by atoms with E-state index >= 15 is 0 Å². The topological polar surface area (TPSA) is 67.5 Å². The zero-order chi connectivity index (χ0) is 13.2. The number of thiazole rings is 2. The van der Waals surface area contributed by atoms with Crippen molar-refractivity contribution >= 4 is 33.6 Å². The standard InChI is InChI=1S/C12H11N3O2S2/c16-10(17)3-1-2-8-7-19-12-14-9(6-15(8)12)11-13-4-5-18-11/h4-7H,1-3H2,(H,16,17). The molecule has 0 radical (unpaired) electrons. The first kappa shape index (κ1) is 12.3. The van der Waals surface area contributed by atoms with Crippen LogP contribution >= 0.6 is 22.7 Å². The molecule has 0 amide bonds. The Hall–Kier alpha value is -1.73. The van der Waals surface area contributed by atoms with Gasteiger partial charge in [0.25, 0.3) is 0 Å². The molecule has 98 valence electrons. The predicted molar refractivity (Wildman–Crippen MR) is 74.8 cm³/mol. The lowest BCUT2D eigenvalue weighted by Gasteiger charge is -1.97. The Morgan fingerprint density at radius 2 is 2.32 bits per heavy atom. The van der Waals surface area contributed by atoms with Crippen LogP contribution in [0.3, 0.4) is 0 Å². The molecular weight excluding hydrogens is 282 g/mol. The van der Waals surface area contributed by atoms with Crippen molar-refractivity contribution in [3.8, 4) is 10.7 Å². The van der Waals surface area contributed by atoms with Gasteiger partial charge in [-0.25, -0.2) is 9.97 Å². The third-order valence-corrected chi connectivity index (χ3v) is 4.44. The summed E-state index contributed by atoms with van der Waals surface area (Å²) in [6, 6.07) is 0. The fraction of sp³-hybridized carbons (Fsp3) is 0.250. The zero-order valence-electron chi connectivity index (χ0n) is 9.94. The number of aryl methyl sites for hydroxylation is 1. The Labute approximate surface area is 117 Å². The number of aromatic nitrogens is 3. The van der Waals surface area contributed by atoms with Crippen LogP contribution in [0, 0.1) is 0 Å². The highest BCUT2D eigenvalue weighted by Gasteiger charge is 2.11. The number of aliphatic carboxylic acids is 1. The van der Waals surface area contributed by atoms with Gasteiger partial charge in [-0.2, -0.15) is 0 Å². The average molecular weight is 293 g/mol. The zero-order valence-corrected chi connectivity index (χ0v) is 11.6. The summed E-state index contributed by atoms with van der Waals surface area (Å²) in [5.41, 5.74) is 1.98. The minimum Gasteiger partial charge on any atom is -0.481 e. The van der Waals surface area contributed by atoms with Crippen LogP contribution in [0.25, 0.3) is 15.7 Å². The molecule has 3 aromatic heterocycles. The maximum absolute atomic E-state index is 10.5. The normalized spacial score (nSPS) is 11.2. The van der Waals surface area contributed by atoms with Crippen molar-refractivity contribution in [2.75, 3.05) is 0 Å². The Bertz CT molecular complexity index is 700. The van der Waals surface area contributed by atoms with E-state index in [4.69, 9.17) is 5.11 Å². The van der Waals surface area contributed by atoms with Gasteiger partial charge in [0, 0.05) is 35.3 Å². The Morgan fingerprint density at radius 3 is 3.05 bits per heavy atom. The number of hydrogen-bond acceptors (Lipinski definition) is 5. The van der Waals surface area contributed by atoms with E-state index in [0.29, 0.717) is 6.42 Å². The van der Waals surface area contributed by atoms with E-state index in [9.17, 15) is 4.79 Å². The van der Waals surface area contributed by atoms with E-state index in [1.54, 1.807) is 28.9 Å². The molecule has 0 aliphatic carbocycles. The molecule has 3 rings (SSSR count). The highest BCUT2D eigenvalue weighted by atomic mass is 32.1. The molecule has 5 nitrogen and oxygen atoms in total. The van der Waals surface area contributed by atoms with Crippen LogP contribution in [0.4, 0.5) is 0 Å². The van der Waals surface area contributed by atoms with Crippen molar-refractivity contribution in [1.29, 1.82) is 0 Å². The molecule has 0 spiro atoms. The molecule has 3 aromatic rings. The summed E-state index contributed by atoms with van der Waals surface area (Å²) >= 11 is 3.13. The van der Waals surface area contributed by atoms with Gasteiger partial charge in [0.1, 0.15) is 10.7 Å². The molecule has 0 aromatic carbocycles. The van der Waals surface area contributed by atoms with Crippen molar-refractivity contribution in [3.05, 3.63) is 28.8 Å². The van der Waals surface area contributed by atoms with Gasteiger partial charge < -0.3 is 5.11 Å². The van der Waals surface area contributed by atoms with Crippen LogP contribution in [0.1, 0.15) is 18.5 Å². The largest absolute Gasteiger partial charge is 0.481 e. The first-order valence-corrected chi connectivity index (χ1v) is 7.57. The molecule has 0 saturated heterocycles. The molecule has 1 N–H and O–H groups in total. The van der Waals surface area contributed by atoms with Crippen LogP contribution in [-0.4, -0.2) is 25.4 Å². The number of hydrogen-bond donors (Lipinski definition) is 1. The Morgan fingerprint density at radius 1 is 1.42 bits per heavy atom. The van der Waals surface area contributed by atoms with E-state index in [0.717, 1.165) is 27.8 Å². The van der Waals surface area contributed by atoms with Gasteiger partial charge in [0.15, 0.2) is 4.96 Å². The SMILES string of the molecule is O=C(O)CCCc1csc2nc(-c3nccs3)cn12. The number of fused-ring (bicyclic) bond motifs is 1. The average Bonchev–Trinajstić information content (AvgIpc) is 3.03. The summed E-state index contributed by atoms with van der Waals surface area (Å²) in [4.78, 5) is 20.2. The summed E-state index contributed by atoms with van der Waals surface area (Å²) in [5, 5.41) is 13.5. The van der Waals surface area contributed by atoms with E-state index in [-0.39, 0.29) is 6.42 Å². The Kier molecular flexibility index (Phi) is 3.31. The van der Waals surface area contributed by atoms with Gasteiger partial charge in [0.2, 0.25) is 0 Å². The van der Waals surface area contributed by atoms with Gasteiger partial charge in [-0.15, -0.1) is 22.7 Å². The molecular formula is C12H11N3O2S2. The second-order valence-electron chi connectivity index (χ2n) is 4.09. The van der Waals surface area contributed by atoms with Gasteiger partial charge >= 0.3 is 5.97 Å². The molecule has 0 atom stereocenters. The summed E-state index contributed by atoms with van der Waals surface area (Å²) in [7, 11) is 0. The van der Waals surface area contributed by atoms with E-state index in [1.165, 1.54) is 0 Å². The molecule has 3 heterocycles. The number of imidazole rings is 1. The minimum absolute atomic E-state index is 0.200. The number of carboxylic acid groups (broad SMARTS) is 1. The summed E-state index contributed by atoms with van der Waals surface area (Å²) < 4.78 is 2.03. The van der Waals surface area contributed by atoms with Gasteiger partial charge in [-0.3, -0.25) is 9.20 Å². The smallest absolute Gasteiger partial charge is 0.303 e. The number of carboxylic acids is 1. The molecule has 0 unspecified atom stereocenters. The second kappa shape index (κ2) is 5.10. The highest BCUT2D eigenvalue weighted by Crippen LogP contribution is 2.25. The fourth-order valence-electron chi connectivity index (χ4n) is 1.88. The monoisotopic (exact) mass is 293 g/mol. The maximum Gasteiger partial charge on any atom is 0.303 e. The Balaban J connectivity index is 1.84. The summed E-state index contributed by atoms with van der Waals surface area (Å²) in [6.07, 6.45) is 5.33. The lowest BCUT2D eigenvalue weighted by molar-refractivity contribution is -0.137. The van der Waals surface area contributed by atoms with Crippen molar-refractivity contribution in [3.63, 3.8) is 0 Å². The van der Waals surface area contributed by atoms with Crippen molar-refractivity contribution in [2.24, 2.45) is 0 Å².